The smallest absolute Gasteiger partial charge is 0.161 e. The standard InChI is InChI=1S/C13H16N2OS/c1-3-7-17-8-6-15-11-4-5-13(14)12(9-11)10(2)16/h1,4-5,9,15H,6-8,14H2,2H3. The summed E-state index contributed by atoms with van der Waals surface area (Å²) in [6, 6.07) is 5.39. The number of nitrogens with one attached hydrogen (secondary N) is 1. The first-order valence-electron chi connectivity index (χ1n) is 5.30. The topological polar surface area (TPSA) is 55.1 Å². The Bertz CT molecular complexity index is 438. The number of hydrogen-bond donors (Lipinski definition) is 2. The molecule has 0 saturated carbocycles. The number of nitrogens with two attached hydrogens (primary N) is 1. The van der Waals surface area contributed by atoms with Gasteiger partial charge in [0.25, 0.3) is 0 Å². The maximum Gasteiger partial charge on any atom is 0.161 e. The molecule has 3 nitrogen and oxygen atoms in total. The van der Waals surface area contributed by atoms with Crippen LogP contribution in [0, 0.1) is 12.3 Å². The van der Waals surface area contributed by atoms with Crippen LogP contribution < -0.4 is 11.1 Å². The molecule has 0 aliphatic rings. The maximum atomic E-state index is 11.3. The molecule has 0 radical (unpaired) electrons. The molecule has 3 N–H and O–H groups in total. The van der Waals surface area contributed by atoms with Gasteiger partial charge in [0.05, 0.1) is 5.75 Å². The third kappa shape index (κ3) is 4.41. The summed E-state index contributed by atoms with van der Waals surface area (Å²) in [4.78, 5) is 11.3. The molecule has 0 amide bonds. The van der Waals surface area contributed by atoms with Crippen molar-refractivity contribution in [1.29, 1.82) is 0 Å². The Morgan fingerprint density at radius 1 is 1.59 bits per heavy atom. The first kappa shape index (κ1) is 13.5. The highest BCUT2D eigenvalue weighted by Gasteiger charge is 2.05. The van der Waals surface area contributed by atoms with Crippen molar-refractivity contribution >= 4 is 28.9 Å². The number of hydrogen-bond acceptors (Lipinski definition) is 4. The van der Waals surface area contributed by atoms with Crippen molar-refractivity contribution in [3.8, 4) is 12.3 Å². The van der Waals surface area contributed by atoms with Crippen LogP contribution in [0.2, 0.25) is 0 Å². The van der Waals surface area contributed by atoms with Gasteiger partial charge in [-0.25, -0.2) is 0 Å². The van der Waals surface area contributed by atoms with E-state index in [0.29, 0.717) is 11.3 Å². The van der Waals surface area contributed by atoms with Gasteiger partial charge < -0.3 is 11.1 Å². The van der Waals surface area contributed by atoms with Gasteiger partial charge in [-0.15, -0.1) is 18.2 Å². The number of terminal acetylenes is 1. The van der Waals surface area contributed by atoms with E-state index in [1.165, 1.54) is 6.92 Å². The van der Waals surface area contributed by atoms with Gasteiger partial charge in [-0.1, -0.05) is 5.92 Å². The van der Waals surface area contributed by atoms with Gasteiger partial charge in [-0.05, 0) is 25.1 Å². The zero-order valence-corrected chi connectivity index (χ0v) is 10.6. The van der Waals surface area contributed by atoms with Crippen LogP contribution in [0.1, 0.15) is 17.3 Å². The molecule has 90 valence electrons. The number of thioether (sulfide) groups is 1. The third-order valence-electron chi connectivity index (χ3n) is 2.19. The lowest BCUT2D eigenvalue weighted by molar-refractivity contribution is 0.101. The average Bonchev–Trinajstić information content (AvgIpc) is 2.30. The molecule has 17 heavy (non-hydrogen) atoms. The third-order valence-corrected chi connectivity index (χ3v) is 3.06. The van der Waals surface area contributed by atoms with Crippen molar-refractivity contribution in [2.24, 2.45) is 0 Å². The van der Waals surface area contributed by atoms with Gasteiger partial charge in [-0.3, -0.25) is 4.79 Å². The molecule has 0 aliphatic heterocycles. The fourth-order valence-electron chi connectivity index (χ4n) is 1.37. The fraction of sp³-hybridized carbons (Fsp3) is 0.308. The predicted octanol–water partition coefficient (Wildman–Crippen LogP) is 2.25. The van der Waals surface area contributed by atoms with Gasteiger partial charge >= 0.3 is 0 Å². The van der Waals surface area contributed by atoms with Gasteiger partial charge in [-0.2, -0.15) is 0 Å². The average molecular weight is 248 g/mol. The van der Waals surface area contributed by atoms with Crippen molar-refractivity contribution in [3.05, 3.63) is 23.8 Å². The highest BCUT2D eigenvalue weighted by atomic mass is 32.2. The molecule has 1 rings (SSSR count). The first-order chi connectivity index (χ1) is 8.15. The van der Waals surface area contributed by atoms with E-state index in [4.69, 9.17) is 12.2 Å². The van der Waals surface area contributed by atoms with Gasteiger partial charge in [0.15, 0.2) is 5.78 Å². The number of carbonyl (C=O) groups excluding carboxylic acids is 1. The molecule has 4 heteroatoms. The number of benzene rings is 1. The molecular formula is C13H16N2OS. The van der Waals surface area contributed by atoms with Crippen molar-refractivity contribution < 1.29 is 4.79 Å². The Morgan fingerprint density at radius 3 is 3.00 bits per heavy atom. The van der Waals surface area contributed by atoms with Crippen molar-refractivity contribution in [3.63, 3.8) is 0 Å². The summed E-state index contributed by atoms with van der Waals surface area (Å²) in [5.41, 5.74) is 7.70. The number of ketones is 1. The van der Waals surface area contributed by atoms with E-state index < -0.39 is 0 Å². The molecule has 0 heterocycles. The second-order valence-electron chi connectivity index (χ2n) is 3.54. The van der Waals surface area contributed by atoms with E-state index in [2.05, 4.69) is 11.2 Å². The van der Waals surface area contributed by atoms with E-state index in [1.807, 2.05) is 6.07 Å². The van der Waals surface area contributed by atoms with E-state index in [1.54, 1.807) is 23.9 Å². The van der Waals surface area contributed by atoms with Crippen LogP contribution in [0.3, 0.4) is 0 Å². The summed E-state index contributed by atoms with van der Waals surface area (Å²) in [5, 5.41) is 3.23. The second kappa shape index (κ2) is 6.87. The minimum atomic E-state index is -0.0205. The highest BCUT2D eigenvalue weighted by Crippen LogP contribution is 2.18. The number of nitrogen functional groups attached to an aromatic ring is 1. The Hall–Kier alpha value is -1.60. The van der Waals surface area contributed by atoms with Crippen molar-refractivity contribution in [2.45, 2.75) is 6.92 Å². The van der Waals surface area contributed by atoms with Crippen LogP contribution in [-0.4, -0.2) is 23.8 Å². The van der Waals surface area contributed by atoms with Crippen LogP contribution in [0.25, 0.3) is 0 Å². The fourth-order valence-corrected chi connectivity index (χ4v) is 1.88. The number of anilines is 2. The van der Waals surface area contributed by atoms with Crippen LogP contribution in [0.15, 0.2) is 18.2 Å². The van der Waals surface area contributed by atoms with Gasteiger partial charge in [0, 0.05) is 29.2 Å². The van der Waals surface area contributed by atoms with E-state index in [-0.39, 0.29) is 5.78 Å². The molecule has 0 aromatic heterocycles. The number of carbonyl (C=O) groups is 1. The molecule has 0 atom stereocenters. The monoisotopic (exact) mass is 248 g/mol. The zero-order valence-electron chi connectivity index (χ0n) is 9.82. The summed E-state index contributed by atoms with van der Waals surface area (Å²) in [6.07, 6.45) is 5.15. The Labute approximate surface area is 106 Å². The summed E-state index contributed by atoms with van der Waals surface area (Å²) in [5.74, 6) is 4.21. The molecule has 0 spiro atoms. The van der Waals surface area contributed by atoms with Crippen LogP contribution in [0.4, 0.5) is 11.4 Å². The van der Waals surface area contributed by atoms with E-state index in [0.717, 1.165) is 23.7 Å². The minimum absolute atomic E-state index is 0.0205. The van der Waals surface area contributed by atoms with E-state index >= 15 is 0 Å². The molecule has 0 unspecified atom stereocenters. The largest absolute Gasteiger partial charge is 0.398 e. The molecular weight excluding hydrogens is 232 g/mol. The van der Waals surface area contributed by atoms with Gasteiger partial charge in [0.1, 0.15) is 0 Å². The van der Waals surface area contributed by atoms with E-state index in [9.17, 15) is 4.79 Å². The molecule has 1 aromatic carbocycles. The summed E-state index contributed by atoms with van der Waals surface area (Å²) in [6.45, 7) is 2.33. The highest BCUT2D eigenvalue weighted by molar-refractivity contribution is 7.99. The molecule has 1 aromatic rings. The molecule has 0 fully saturated rings. The maximum absolute atomic E-state index is 11.3. The van der Waals surface area contributed by atoms with Gasteiger partial charge in [0.2, 0.25) is 0 Å². The number of rotatable bonds is 6. The summed E-state index contributed by atoms with van der Waals surface area (Å²) in [7, 11) is 0. The lowest BCUT2D eigenvalue weighted by atomic mass is 10.1. The second-order valence-corrected chi connectivity index (χ2v) is 4.65. The normalized spacial score (nSPS) is 9.65. The zero-order chi connectivity index (χ0) is 12.7. The molecule has 0 aliphatic carbocycles. The van der Waals surface area contributed by atoms with Crippen molar-refractivity contribution in [2.75, 3.05) is 29.1 Å². The molecule has 0 bridgehead atoms. The Kier molecular flexibility index (Phi) is 5.44. The van der Waals surface area contributed by atoms with Crippen LogP contribution in [-0.2, 0) is 0 Å². The SMILES string of the molecule is C#CCSCCNc1ccc(N)c(C(C)=O)c1. The lowest BCUT2D eigenvalue weighted by Crippen LogP contribution is -2.06. The first-order valence-corrected chi connectivity index (χ1v) is 6.46. The van der Waals surface area contributed by atoms with Crippen LogP contribution in [0.5, 0.6) is 0 Å². The lowest BCUT2D eigenvalue weighted by Gasteiger charge is -2.08. The summed E-state index contributed by atoms with van der Waals surface area (Å²) < 4.78 is 0. The Morgan fingerprint density at radius 2 is 2.35 bits per heavy atom. The summed E-state index contributed by atoms with van der Waals surface area (Å²) >= 11 is 1.70. The quantitative estimate of drug-likeness (QED) is 0.351. The Balaban J connectivity index is 2.52. The number of Topliss-reactive ketones (excluding diaryl/α,β-unsaturated/α-hetero) is 1. The predicted molar refractivity (Wildman–Crippen MR) is 75.5 cm³/mol. The minimum Gasteiger partial charge on any atom is -0.398 e. The van der Waals surface area contributed by atoms with Crippen molar-refractivity contribution in [1.82, 2.24) is 0 Å². The van der Waals surface area contributed by atoms with Crippen LogP contribution >= 0.6 is 11.8 Å². The molecule has 0 saturated heterocycles.